The van der Waals surface area contributed by atoms with Crippen molar-refractivity contribution in [1.82, 2.24) is 4.90 Å². The number of carboxylic acids is 1. The van der Waals surface area contributed by atoms with Gasteiger partial charge in [-0.25, -0.2) is 9.18 Å². The molecule has 0 saturated carbocycles. The molecule has 0 radical (unpaired) electrons. The van der Waals surface area contributed by atoms with E-state index in [0.717, 1.165) is 5.56 Å². The molecule has 126 valence electrons. The standard InChI is InChI=1S/C17H22FNO4/c1-10-5-6-14(18)11(7-10)12-8-19(9-13(12)15(20)21)16(22)23-17(2,3)4/h5-7,12-13H,8-9H2,1-4H3,(H,20,21)/t12-,13+/m0/s1. The van der Waals surface area contributed by atoms with Crippen LogP contribution >= 0.6 is 0 Å². The van der Waals surface area contributed by atoms with Gasteiger partial charge in [-0.1, -0.05) is 17.7 Å². The number of benzene rings is 1. The topological polar surface area (TPSA) is 66.8 Å². The Labute approximate surface area is 135 Å². The number of carbonyl (C=O) groups is 2. The molecular formula is C17H22FNO4. The number of aliphatic carboxylic acids is 1. The lowest BCUT2D eigenvalue weighted by Crippen LogP contribution is -2.35. The van der Waals surface area contributed by atoms with Gasteiger partial charge in [0, 0.05) is 19.0 Å². The summed E-state index contributed by atoms with van der Waals surface area (Å²) in [6.07, 6.45) is -0.570. The van der Waals surface area contributed by atoms with E-state index in [1.165, 1.54) is 11.0 Å². The SMILES string of the molecule is Cc1ccc(F)c([C@@H]2CN(C(=O)OC(C)(C)C)C[C@H]2C(=O)O)c1. The highest BCUT2D eigenvalue weighted by atomic mass is 19.1. The number of ether oxygens (including phenoxy) is 1. The first-order chi connectivity index (χ1) is 10.6. The van der Waals surface area contributed by atoms with Gasteiger partial charge in [-0.2, -0.15) is 0 Å². The van der Waals surface area contributed by atoms with E-state index in [9.17, 15) is 19.1 Å². The first-order valence-electron chi connectivity index (χ1n) is 7.55. The summed E-state index contributed by atoms with van der Waals surface area (Å²) in [7, 11) is 0. The molecule has 0 bridgehead atoms. The molecule has 0 aromatic heterocycles. The Hall–Kier alpha value is -2.11. The van der Waals surface area contributed by atoms with Crippen LogP contribution < -0.4 is 0 Å². The fourth-order valence-electron chi connectivity index (χ4n) is 2.79. The van der Waals surface area contributed by atoms with E-state index in [0.29, 0.717) is 5.56 Å². The number of hydrogen-bond donors (Lipinski definition) is 1. The lowest BCUT2D eigenvalue weighted by atomic mass is 9.88. The Balaban J connectivity index is 2.27. The van der Waals surface area contributed by atoms with E-state index in [1.807, 2.05) is 6.92 Å². The average Bonchev–Trinajstić information content (AvgIpc) is 2.85. The quantitative estimate of drug-likeness (QED) is 0.908. The second-order valence-corrected chi connectivity index (χ2v) is 6.96. The predicted molar refractivity (Wildman–Crippen MR) is 82.8 cm³/mol. The molecule has 23 heavy (non-hydrogen) atoms. The molecule has 5 nitrogen and oxygen atoms in total. The maximum absolute atomic E-state index is 14.1. The molecule has 2 rings (SSSR count). The van der Waals surface area contributed by atoms with Gasteiger partial charge in [0.25, 0.3) is 0 Å². The van der Waals surface area contributed by atoms with Gasteiger partial charge in [0.2, 0.25) is 0 Å². The number of aryl methyl sites for hydroxylation is 1. The lowest BCUT2D eigenvalue weighted by Gasteiger charge is -2.24. The summed E-state index contributed by atoms with van der Waals surface area (Å²) < 4.78 is 19.4. The maximum Gasteiger partial charge on any atom is 0.410 e. The van der Waals surface area contributed by atoms with Crippen LogP contribution in [0.3, 0.4) is 0 Å². The van der Waals surface area contributed by atoms with Crippen molar-refractivity contribution in [3.8, 4) is 0 Å². The molecule has 1 aromatic rings. The molecule has 1 saturated heterocycles. The maximum atomic E-state index is 14.1. The van der Waals surface area contributed by atoms with Crippen molar-refractivity contribution in [2.24, 2.45) is 5.92 Å². The van der Waals surface area contributed by atoms with E-state index in [2.05, 4.69) is 0 Å². The van der Waals surface area contributed by atoms with Crippen LogP contribution in [0.15, 0.2) is 18.2 Å². The Morgan fingerprint density at radius 3 is 2.52 bits per heavy atom. The minimum Gasteiger partial charge on any atom is -0.481 e. The van der Waals surface area contributed by atoms with E-state index in [1.54, 1.807) is 32.9 Å². The van der Waals surface area contributed by atoms with Crippen LogP contribution in [0.1, 0.15) is 37.8 Å². The fourth-order valence-corrected chi connectivity index (χ4v) is 2.79. The molecule has 2 atom stereocenters. The summed E-state index contributed by atoms with van der Waals surface area (Å²) >= 11 is 0. The van der Waals surface area contributed by atoms with Crippen LogP contribution in [0.4, 0.5) is 9.18 Å². The Morgan fingerprint density at radius 2 is 1.96 bits per heavy atom. The highest BCUT2D eigenvalue weighted by molar-refractivity contribution is 5.76. The lowest BCUT2D eigenvalue weighted by molar-refractivity contribution is -0.141. The smallest absolute Gasteiger partial charge is 0.410 e. The minimum atomic E-state index is -1.04. The number of likely N-dealkylation sites (tertiary alicyclic amines) is 1. The van der Waals surface area contributed by atoms with Gasteiger partial charge in [0.15, 0.2) is 0 Å². The van der Waals surface area contributed by atoms with E-state index in [4.69, 9.17) is 4.74 Å². The summed E-state index contributed by atoms with van der Waals surface area (Å²) in [6, 6.07) is 4.61. The van der Waals surface area contributed by atoms with Gasteiger partial charge in [-0.05, 0) is 39.3 Å². The third-order valence-corrected chi connectivity index (χ3v) is 3.84. The van der Waals surface area contributed by atoms with Gasteiger partial charge in [-0.15, -0.1) is 0 Å². The molecule has 0 aliphatic carbocycles. The molecule has 6 heteroatoms. The van der Waals surface area contributed by atoms with Gasteiger partial charge in [-0.3, -0.25) is 4.79 Å². The predicted octanol–water partition coefficient (Wildman–Crippen LogP) is 3.17. The van der Waals surface area contributed by atoms with Crippen LogP contribution in [-0.2, 0) is 9.53 Å². The van der Waals surface area contributed by atoms with Crippen LogP contribution in [0.25, 0.3) is 0 Å². The summed E-state index contributed by atoms with van der Waals surface area (Å²) in [5.41, 5.74) is 0.521. The largest absolute Gasteiger partial charge is 0.481 e. The molecule has 1 aliphatic rings. The Morgan fingerprint density at radius 1 is 1.30 bits per heavy atom. The Kier molecular flexibility index (Phi) is 4.63. The van der Waals surface area contributed by atoms with Crippen LogP contribution in [0, 0.1) is 18.7 Å². The van der Waals surface area contributed by atoms with Gasteiger partial charge in [0.05, 0.1) is 5.92 Å². The number of hydrogen-bond acceptors (Lipinski definition) is 3. The van der Waals surface area contributed by atoms with E-state index >= 15 is 0 Å². The first-order valence-corrected chi connectivity index (χ1v) is 7.55. The zero-order valence-corrected chi connectivity index (χ0v) is 13.8. The number of carbonyl (C=O) groups excluding carboxylic acids is 1. The minimum absolute atomic E-state index is 0.0162. The average molecular weight is 323 g/mol. The van der Waals surface area contributed by atoms with Crippen molar-refractivity contribution in [2.75, 3.05) is 13.1 Å². The van der Waals surface area contributed by atoms with Crippen molar-refractivity contribution in [1.29, 1.82) is 0 Å². The molecule has 1 aliphatic heterocycles. The third kappa shape index (κ3) is 4.00. The van der Waals surface area contributed by atoms with Crippen molar-refractivity contribution >= 4 is 12.1 Å². The van der Waals surface area contributed by atoms with Crippen molar-refractivity contribution < 1.29 is 23.8 Å². The van der Waals surface area contributed by atoms with Crippen molar-refractivity contribution in [3.05, 3.63) is 35.1 Å². The highest BCUT2D eigenvalue weighted by Gasteiger charge is 2.42. The van der Waals surface area contributed by atoms with Crippen LogP contribution in [0.5, 0.6) is 0 Å². The summed E-state index contributed by atoms with van der Waals surface area (Å²) in [5, 5.41) is 9.44. The molecule has 1 aromatic carbocycles. The first kappa shape index (κ1) is 17.2. The molecule has 1 heterocycles. The molecule has 1 amide bonds. The normalized spacial score (nSPS) is 21.3. The van der Waals surface area contributed by atoms with Gasteiger partial charge >= 0.3 is 12.1 Å². The molecule has 0 spiro atoms. The second kappa shape index (κ2) is 6.18. The van der Waals surface area contributed by atoms with E-state index in [-0.39, 0.29) is 13.1 Å². The number of nitrogens with zero attached hydrogens (tertiary/aromatic N) is 1. The fraction of sp³-hybridized carbons (Fsp3) is 0.529. The zero-order chi connectivity index (χ0) is 17.4. The Bertz CT molecular complexity index is 624. The zero-order valence-electron chi connectivity index (χ0n) is 13.8. The van der Waals surface area contributed by atoms with Crippen LogP contribution in [0.2, 0.25) is 0 Å². The third-order valence-electron chi connectivity index (χ3n) is 3.84. The molecule has 0 unspecified atom stereocenters. The second-order valence-electron chi connectivity index (χ2n) is 6.96. The summed E-state index contributed by atoms with van der Waals surface area (Å²) in [6.45, 7) is 7.20. The van der Waals surface area contributed by atoms with Crippen LogP contribution in [-0.4, -0.2) is 40.8 Å². The van der Waals surface area contributed by atoms with Crippen molar-refractivity contribution in [2.45, 2.75) is 39.2 Å². The molecule has 1 fully saturated rings. The molecular weight excluding hydrogens is 301 g/mol. The number of carboxylic acid groups (broad SMARTS) is 1. The molecule has 1 N–H and O–H groups in total. The van der Waals surface area contributed by atoms with E-state index < -0.39 is 35.3 Å². The number of rotatable bonds is 2. The number of amides is 1. The van der Waals surface area contributed by atoms with Gasteiger partial charge < -0.3 is 14.7 Å². The monoisotopic (exact) mass is 323 g/mol. The van der Waals surface area contributed by atoms with Gasteiger partial charge in [0.1, 0.15) is 11.4 Å². The van der Waals surface area contributed by atoms with Crippen molar-refractivity contribution in [3.63, 3.8) is 0 Å². The number of halogens is 1. The summed E-state index contributed by atoms with van der Waals surface area (Å²) in [5.74, 6) is -2.92. The summed E-state index contributed by atoms with van der Waals surface area (Å²) in [4.78, 5) is 25.1. The highest BCUT2D eigenvalue weighted by Crippen LogP contribution is 2.35.